The Bertz CT molecular complexity index is 2800. The summed E-state index contributed by atoms with van der Waals surface area (Å²) in [5.41, 5.74) is 11.1. The Balaban J connectivity index is 1.35. The van der Waals surface area contributed by atoms with Crippen LogP contribution in [0.1, 0.15) is 25.5 Å². The first kappa shape index (κ1) is 30.5. The number of hydrogen-bond donors (Lipinski definition) is 0. The third-order valence-corrected chi connectivity index (χ3v) is 9.85. The van der Waals surface area contributed by atoms with Crippen LogP contribution in [0.25, 0.3) is 84.5 Å². The maximum Gasteiger partial charge on any atom is 0.160 e. The van der Waals surface area contributed by atoms with Gasteiger partial charge >= 0.3 is 0 Å². The van der Waals surface area contributed by atoms with Gasteiger partial charge in [-0.2, -0.15) is 0 Å². The first-order valence-corrected chi connectivity index (χ1v) is 17.6. The maximum atomic E-state index is 5.25. The smallest absolute Gasteiger partial charge is 0.160 e. The van der Waals surface area contributed by atoms with Crippen molar-refractivity contribution in [3.63, 3.8) is 0 Å². The number of hydrogen-bond acceptors (Lipinski definition) is 2. The van der Waals surface area contributed by atoms with Crippen molar-refractivity contribution in [1.82, 2.24) is 19.1 Å². The molecule has 3 aromatic heterocycles. The Morgan fingerprint density at radius 2 is 1.35 bits per heavy atom. The lowest BCUT2D eigenvalue weighted by molar-refractivity contribution is 1.03. The molecule has 0 N–H and O–H groups in total. The number of benzene rings is 5. The van der Waals surface area contributed by atoms with E-state index in [9.17, 15) is 0 Å². The number of allylic oxidation sites excluding steroid dienone is 5. The first-order chi connectivity index (χ1) is 25.2. The van der Waals surface area contributed by atoms with Crippen LogP contribution in [-0.4, -0.2) is 19.1 Å². The van der Waals surface area contributed by atoms with Crippen molar-refractivity contribution in [1.29, 1.82) is 0 Å². The van der Waals surface area contributed by atoms with E-state index in [0.717, 1.165) is 79.2 Å². The number of nitrogens with zero attached hydrogens (tertiary/aromatic N) is 4. The molecule has 0 fully saturated rings. The SMILES string of the molecule is C=C/C=c1/c(C2=CCCC=C2)nc(-c2ccc3c(c2)c2cc4c(cc(-c5ccccc5)n4-c4ccccc4)cc2n3-c2ccccc2)n/c1=C/C. The van der Waals surface area contributed by atoms with Crippen LogP contribution in [0, 0.1) is 0 Å². The fourth-order valence-electron chi connectivity index (χ4n) is 7.52. The average molecular weight is 657 g/mol. The summed E-state index contributed by atoms with van der Waals surface area (Å²) in [7, 11) is 0. The average Bonchev–Trinajstić information content (AvgIpc) is 3.73. The van der Waals surface area contributed by atoms with E-state index < -0.39 is 0 Å². The van der Waals surface area contributed by atoms with Crippen molar-refractivity contribution in [3.05, 3.63) is 175 Å². The van der Waals surface area contributed by atoms with Gasteiger partial charge in [-0.15, -0.1) is 0 Å². The zero-order valence-corrected chi connectivity index (χ0v) is 28.5. The van der Waals surface area contributed by atoms with Crippen LogP contribution in [0.2, 0.25) is 0 Å². The standard InChI is InChI=1S/C47H36N4/c1-3-17-38-41(4-2)48-47(49-46(38)33-20-11-6-12-21-33)34-26-27-42-39(28-34)40-31-44-35(30-45(40)50(42)36-22-13-7-14-23-36)29-43(32-18-9-5-10-19-32)51(44)37-24-15-8-16-25-37/h3-5,7-11,13-31H,1,6,12H2,2H3/b38-17+,41-4+. The molecule has 0 unspecified atom stereocenters. The number of rotatable bonds is 6. The van der Waals surface area contributed by atoms with Crippen molar-refractivity contribution in [3.8, 4) is 34.0 Å². The molecule has 0 amide bonds. The second-order valence-electron chi connectivity index (χ2n) is 12.9. The van der Waals surface area contributed by atoms with Gasteiger partial charge in [0.15, 0.2) is 5.82 Å². The third kappa shape index (κ3) is 5.24. The van der Waals surface area contributed by atoms with E-state index in [1.54, 1.807) is 0 Å². The largest absolute Gasteiger partial charge is 0.309 e. The van der Waals surface area contributed by atoms with Crippen LogP contribution in [0.5, 0.6) is 0 Å². The van der Waals surface area contributed by atoms with Crippen LogP contribution in [0.3, 0.4) is 0 Å². The highest BCUT2D eigenvalue weighted by Gasteiger charge is 2.20. The number of fused-ring (bicyclic) bond motifs is 4. The molecule has 244 valence electrons. The molecule has 1 aliphatic rings. The Morgan fingerprint density at radius 1 is 0.647 bits per heavy atom. The van der Waals surface area contributed by atoms with Gasteiger partial charge in [0.2, 0.25) is 0 Å². The summed E-state index contributed by atoms with van der Waals surface area (Å²) in [5, 5.41) is 5.41. The molecule has 0 atom stereocenters. The van der Waals surface area contributed by atoms with Gasteiger partial charge in [0.05, 0.1) is 33.3 Å². The quantitative estimate of drug-likeness (QED) is 0.179. The van der Waals surface area contributed by atoms with E-state index in [2.05, 4.69) is 167 Å². The van der Waals surface area contributed by atoms with Crippen molar-refractivity contribution < 1.29 is 0 Å². The molecule has 1 aliphatic carbocycles. The summed E-state index contributed by atoms with van der Waals surface area (Å²) >= 11 is 0. The van der Waals surface area contributed by atoms with Gasteiger partial charge in [-0.05, 0) is 91.6 Å². The molecule has 0 saturated heterocycles. The van der Waals surface area contributed by atoms with Gasteiger partial charge in [0, 0.05) is 38.3 Å². The molecular weight excluding hydrogens is 621 g/mol. The lowest BCUT2D eigenvalue weighted by Gasteiger charge is -2.11. The fraction of sp³-hybridized carbons (Fsp3) is 0.0638. The van der Waals surface area contributed by atoms with Crippen molar-refractivity contribution >= 4 is 50.4 Å². The van der Waals surface area contributed by atoms with E-state index in [1.165, 1.54) is 16.3 Å². The molecule has 8 aromatic rings. The molecule has 5 aromatic carbocycles. The highest BCUT2D eigenvalue weighted by Crippen LogP contribution is 2.40. The molecule has 0 bridgehead atoms. The fourth-order valence-corrected chi connectivity index (χ4v) is 7.52. The Kier molecular flexibility index (Phi) is 7.63. The van der Waals surface area contributed by atoms with Gasteiger partial charge in [-0.3, -0.25) is 0 Å². The minimum Gasteiger partial charge on any atom is -0.309 e. The van der Waals surface area contributed by atoms with E-state index in [1.807, 2.05) is 19.1 Å². The van der Waals surface area contributed by atoms with E-state index >= 15 is 0 Å². The predicted octanol–water partition coefficient (Wildman–Crippen LogP) is 10.4. The van der Waals surface area contributed by atoms with Crippen LogP contribution < -0.4 is 10.6 Å². The summed E-state index contributed by atoms with van der Waals surface area (Å²) in [6.07, 6.45) is 14.6. The molecule has 0 saturated carbocycles. The van der Waals surface area contributed by atoms with Gasteiger partial charge in [-0.1, -0.05) is 110 Å². The van der Waals surface area contributed by atoms with E-state index in [4.69, 9.17) is 9.97 Å². The predicted molar refractivity (Wildman–Crippen MR) is 214 cm³/mol. The van der Waals surface area contributed by atoms with Gasteiger partial charge in [0.25, 0.3) is 0 Å². The van der Waals surface area contributed by atoms with E-state index in [0.29, 0.717) is 5.82 Å². The molecule has 3 heterocycles. The Hall–Kier alpha value is -6.52. The van der Waals surface area contributed by atoms with Crippen LogP contribution in [0.15, 0.2) is 158 Å². The van der Waals surface area contributed by atoms with Crippen molar-refractivity contribution in [2.75, 3.05) is 0 Å². The monoisotopic (exact) mass is 656 g/mol. The first-order valence-electron chi connectivity index (χ1n) is 17.6. The van der Waals surface area contributed by atoms with Gasteiger partial charge < -0.3 is 9.13 Å². The van der Waals surface area contributed by atoms with Crippen LogP contribution in [-0.2, 0) is 0 Å². The van der Waals surface area contributed by atoms with E-state index in [-0.39, 0.29) is 0 Å². The molecule has 4 nitrogen and oxygen atoms in total. The molecule has 4 heteroatoms. The van der Waals surface area contributed by atoms with Crippen LogP contribution >= 0.6 is 0 Å². The summed E-state index contributed by atoms with van der Waals surface area (Å²) in [4.78, 5) is 10.4. The molecular formula is C47H36N4. The Labute approximate surface area is 297 Å². The summed E-state index contributed by atoms with van der Waals surface area (Å²) in [5.74, 6) is 0.710. The van der Waals surface area contributed by atoms with Gasteiger partial charge in [-0.25, -0.2) is 9.97 Å². The molecule has 9 rings (SSSR count). The highest BCUT2D eigenvalue weighted by molar-refractivity contribution is 6.14. The van der Waals surface area contributed by atoms with Crippen LogP contribution in [0.4, 0.5) is 0 Å². The maximum absolute atomic E-state index is 5.25. The molecule has 0 spiro atoms. The molecule has 0 aliphatic heterocycles. The molecule has 51 heavy (non-hydrogen) atoms. The minimum atomic E-state index is 0.710. The Morgan fingerprint density at radius 3 is 2.04 bits per heavy atom. The minimum absolute atomic E-state index is 0.710. The summed E-state index contributed by atoms with van der Waals surface area (Å²) in [6.45, 7) is 6.02. The second-order valence-corrected chi connectivity index (χ2v) is 12.9. The lowest BCUT2D eigenvalue weighted by atomic mass is 10.0. The normalized spacial score (nSPS) is 13.8. The van der Waals surface area contributed by atoms with Crippen molar-refractivity contribution in [2.24, 2.45) is 0 Å². The zero-order chi connectivity index (χ0) is 34.3. The summed E-state index contributed by atoms with van der Waals surface area (Å²) in [6, 6.07) is 45.7. The number of para-hydroxylation sites is 2. The lowest BCUT2D eigenvalue weighted by Crippen LogP contribution is -2.33. The third-order valence-electron chi connectivity index (χ3n) is 9.85. The van der Waals surface area contributed by atoms with Gasteiger partial charge in [0.1, 0.15) is 0 Å². The zero-order valence-electron chi connectivity index (χ0n) is 28.5. The number of aromatic nitrogens is 4. The second kappa shape index (κ2) is 12.7. The topological polar surface area (TPSA) is 35.6 Å². The molecule has 0 radical (unpaired) electrons. The summed E-state index contributed by atoms with van der Waals surface area (Å²) < 4.78 is 4.77. The van der Waals surface area contributed by atoms with Crippen molar-refractivity contribution in [2.45, 2.75) is 19.8 Å². The highest BCUT2D eigenvalue weighted by atomic mass is 15.0.